The van der Waals surface area contributed by atoms with E-state index in [9.17, 15) is 5.11 Å². The molecule has 1 rings (SSSR count). The van der Waals surface area contributed by atoms with Crippen LogP contribution in [0.3, 0.4) is 0 Å². The maximum Gasteiger partial charge on any atom is 0.188 e. The zero-order valence-electron chi connectivity index (χ0n) is 7.20. The van der Waals surface area contributed by atoms with Crippen molar-refractivity contribution in [3.05, 3.63) is 23.8 Å². The first kappa shape index (κ1) is 8.87. The first-order chi connectivity index (χ1) is 5.74. The number of ether oxygens (including phenoxy) is 2. The largest absolute Gasteiger partial charge is 0.508 e. The van der Waals surface area contributed by atoms with Crippen LogP contribution in [0.1, 0.15) is 5.56 Å². The van der Waals surface area contributed by atoms with Crippen molar-refractivity contribution < 1.29 is 14.6 Å². The van der Waals surface area contributed by atoms with Crippen molar-refractivity contribution in [3.63, 3.8) is 0 Å². The number of hydrogen-bond donors (Lipinski definition) is 1. The summed E-state index contributed by atoms with van der Waals surface area (Å²) < 4.78 is 9.89. The molecule has 12 heavy (non-hydrogen) atoms. The van der Waals surface area contributed by atoms with Crippen LogP contribution in [0.15, 0.2) is 18.2 Å². The Bertz CT molecular complexity index is 258. The second-order valence-corrected chi connectivity index (χ2v) is 2.50. The highest BCUT2D eigenvalue weighted by atomic mass is 16.7. The Hall–Kier alpha value is -1.22. The van der Waals surface area contributed by atoms with Crippen molar-refractivity contribution in [3.8, 4) is 11.5 Å². The number of rotatable bonds is 3. The summed E-state index contributed by atoms with van der Waals surface area (Å²) in [6, 6.07) is 5.05. The van der Waals surface area contributed by atoms with E-state index in [4.69, 9.17) is 9.47 Å². The molecule has 1 aromatic rings. The minimum atomic E-state index is 0.226. The summed E-state index contributed by atoms with van der Waals surface area (Å²) in [5.41, 5.74) is 0.795. The van der Waals surface area contributed by atoms with Gasteiger partial charge in [0.25, 0.3) is 0 Å². The van der Waals surface area contributed by atoms with Crippen LogP contribution in [0.4, 0.5) is 0 Å². The van der Waals surface area contributed by atoms with E-state index in [1.165, 1.54) is 0 Å². The van der Waals surface area contributed by atoms with Gasteiger partial charge in [-0.1, -0.05) is 0 Å². The van der Waals surface area contributed by atoms with E-state index in [-0.39, 0.29) is 12.5 Å². The van der Waals surface area contributed by atoms with Crippen LogP contribution < -0.4 is 4.74 Å². The lowest BCUT2D eigenvalue weighted by atomic mass is 10.2. The van der Waals surface area contributed by atoms with Crippen LogP contribution in [0, 0.1) is 6.92 Å². The first-order valence-electron chi connectivity index (χ1n) is 3.65. The maximum atomic E-state index is 9.18. The number of aromatic hydroxyl groups is 1. The zero-order chi connectivity index (χ0) is 8.97. The summed E-state index contributed by atoms with van der Waals surface area (Å²) in [7, 11) is 1.56. The number of phenolic OH excluding ortho intramolecular Hbond substituents is 1. The molecule has 0 saturated heterocycles. The normalized spacial score (nSPS) is 9.83. The predicted octanol–water partition coefficient (Wildman–Crippen LogP) is 1.68. The molecule has 66 valence electrons. The van der Waals surface area contributed by atoms with E-state index in [1.54, 1.807) is 25.3 Å². The fourth-order valence-electron chi connectivity index (χ4n) is 0.845. The second-order valence-electron chi connectivity index (χ2n) is 2.50. The van der Waals surface area contributed by atoms with E-state index in [0.717, 1.165) is 5.56 Å². The molecule has 0 heterocycles. The molecular formula is C9H12O3. The van der Waals surface area contributed by atoms with Crippen molar-refractivity contribution in [2.24, 2.45) is 0 Å². The molecule has 0 aliphatic heterocycles. The highest BCUT2D eigenvalue weighted by Gasteiger charge is 1.97. The fourth-order valence-corrected chi connectivity index (χ4v) is 0.845. The molecule has 3 nitrogen and oxygen atoms in total. The van der Waals surface area contributed by atoms with Crippen LogP contribution in [0.2, 0.25) is 0 Å². The van der Waals surface area contributed by atoms with Crippen molar-refractivity contribution >= 4 is 0 Å². The summed E-state index contributed by atoms with van der Waals surface area (Å²) >= 11 is 0. The lowest BCUT2D eigenvalue weighted by Crippen LogP contribution is -1.98. The SMILES string of the molecule is COCOc1ccc(O)c(C)c1. The third-order valence-electron chi connectivity index (χ3n) is 1.51. The van der Waals surface area contributed by atoms with Crippen molar-refractivity contribution in [2.75, 3.05) is 13.9 Å². The monoisotopic (exact) mass is 168 g/mol. The predicted molar refractivity (Wildman–Crippen MR) is 45.3 cm³/mol. The molecule has 0 spiro atoms. The third-order valence-corrected chi connectivity index (χ3v) is 1.51. The molecule has 3 heteroatoms. The Kier molecular flexibility index (Phi) is 2.94. The minimum absolute atomic E-state index is 0.226. The Morgan fingerprint density at radius 1 is 1.42 bits per heavy atom. The first-order valence-corrected chi connectivity index (χ1v) is 3.65. The standard InChI is InChI=1S/C9H12O3/c1-7-5-8(12-6-11-2)3-4-9(7)10/h3-5,10H,6H2,1-2H3. The molecule has 1 N–H and O–H groups in total. The van der Waals surface area contributed by atoms with E-state index >= 15 is 0 Å². The topological polar surface area (TPSA) is 38.7 Å². The van der Waals surface area contributed by atoms with E-state index < -0.39 is 0 Å². The molecule has 0 saturated carbocycles. The lowest BCUT2D eigenvalue weighted by Gasteiger charge is -2.05. The zero-order valence-corrected chi connectivity index (χ0v) is 7.20. The fraction of sp³-hybridized carbons (Fsp3) is 0.333. The number of benzene rings is 1. The quantitative estimate of drug-likeness (QED) is 0.698. The second kappa shape index (κ2) is 3.97. The van der Waals surface area contributed by atoms with Crippen molar-refractivity contribution in [1.29, 1.82) is 0 Å². The molecule has 0 aromatic heterocycles. The van der Waals surface area contributed by atoms with Gasteiger partial charge in [-0.2, -0.15) is 0 Å². The summed E-state index contributed by atoms with van der Waals surface area (Å²) in [4.78, 5) is 0. The maximum absolute atomic E-state index is 9.18. The highest BCUT2D eigenvalue weighted by Crippen LogP contribution is 2.21. The van der Waals surface area contributed by atoms with Gasteiger partial charge < -0.3 is 14.6 Å². The molecule has 0 bridgehead atoms. The minimum Gasteiger partial charge on any atom is -0.508 e. The van der Waals surface area contributed by atoms with Gasteiger partial charge in [0.05, 0.1) is 0 Å². The van der Waals surface area contributed by atoms with Crippen LogP contribution >= 0.6 is 0 Å². The van der Waals surface area contributed by atoms with Gasteiger partial charge in [-0.25, -0.2) is 0 Å². The van der Waals surface area contributed by atoms with Gasteiger partial charge >= 0.3 is 0 Å². The van der Waals surface area contributed by atoms with Gasteiger partial charge in [0.1, 0.15) is 11.5 Å². The van der Waals surface area contributed by atoms with Crippen LogP contribution in [0.25, 0.3) is 0 Å². The summed E-state index contributed by atoms with van der Waals surface area (Å²) in [6.07, 6.45) is 0. The van der Waals surface area contributed by atoms with Gasteiger partial charge in [0.2, 0.25) is 0 Å². The van der Waals surface area contributed by atoms with E-state index in [0.29, 0.717) is 5.75 Å². The number of hydrogen-bond acceptors (Lipinski definition) is 3. The van der Waals surface area contributed by atoms with Crippen LogP contribution in [-0.2, 0) is 4.74 Å². The summed E-state index contributed by atoms with van der Waals surface area (Å²) in [5.74, 6) is 0.979. The Balaban J connectivity index is 2.69. The summed E-state index contributed by atoms with van der Waals surface area (Å²) in [6.45, 7) is 2.04. The molecule has 0 unspecified atom stereocenters. The summed E-state index contributed by atoms with van der Waals surface area (Å²) in [5, 5.41) is 9.18. The third kappa shape index (κ3) is 2.13. The van der Waals surface area contributed by atoms with E-state index in [1.807, 2.05) is 6.92 Å². The number of aryl methyl sites for hydroxylation is 1. The Morgan fingerprint density at radius 3 is 2.75 bits per heavy atom. The molecule has 0 atom stereocenters. The van der Waals surface area contributed by atoms with Gasteiger partial charge in [-0.15, -0.1) is 0 Å². The van der Waals surface area contributed by atoms with Gasteiger partial charge in [-0.05, 0) is 30.7 Å². The molecule has 0 radical (unpaired) electrons. The molecule has 1 aromatic carbocycles. The average molecular weight is 168 g/mol. The van der Waals surface area contributed by atoms with Crippen LogP contribution in [0.5, 0.6) is 11.5 Å². The lowest BCUT2D eigenvalue weighted by molar-refractivity contribution is 0.0510. The molecule has 0 amide bonds. The molecule has 0 aliphatic rings. The van der Waals surface area contributed by atoms with Crippen LogP contribution in [-0.4, -0.2) is 19.0 Å². The van der Waals surface area contributed by atoms with Gasteiger partial charge in [0, 0.05) is 7.11 Å². The molecule has 0 fully saturated rings. The Morgan fingerprint density at radius 2 is 2.17 bits per heavy atom. The number of methoxy groups -OCH3 is 1. The Labute approximate surface area is 71.5 Å². The van der Waals surface area contributed by atoms with E-state index in [2.05, 4.69) is 0 Å². The number of phenols is 1. The highest BCUT2D eigenvalue weighted by molar-refractivity contribution is 5.38. The van der Waals surface area contributed by atoms with Crippen molar-refractivity contribution in [2.45, 2.75) is 6.92 Å². The van der Waals surface area contributed by atoms with Gasteiger partial charge in [0.15, 0.2) is 6.79 Å². The molecular weight excluding hydrogens is 156 g/mol. The van der Waals surface area contributed by atoms with Gasteiger partial charge in [-0.3, -0.25) is 0 Å². The average Bonchev–Trinajstić information content (AvgIpc) is 2.07. The smallest absolute Gasteiger partial charge is 0.188 e. The van der Waals surface area contributed by atoms with Crippen molar-refractivity contribution in [1.82, 2.24) is 0 Å². The molecule has 0 aliphatic carbocycles.